The van der Waals surface area contributed by atoms with Crippen LogP contribution >= 0.6 is 58.2 Å². The van der Waals surface area contributed by atoms with E-state index in [-0.39, 0.29) is 21.5 Å². The first-order chi connectivity index (χ1) is 16.5. The van der Waals surface area contributed by atoms with Gasteiger partial charge in [0.15, 0.2) is 5.78 Å². The van der Waals surface area contributed by atoms with E-state index in [2.05, 4.69) is 4.98 Å². The lowest BCUT2D eigenvalue weighted by molar-refractivity contribution is -0.137. The fourth-order valence-electron chi connectivity index (χ4n) is 2.91. The number of benzene rings is 2. The number of carbonyl (C=O) groups excluding carboxylic acids is 1. The molecule has 12 heteroatoms. The number of ether oxygens (including phenoxy) is 1. The molecule has 0 radical (unpaired) electrons. The van der Waals surface area contributed by atoms with Crippen LogP contribution in [0.4, 0.5) is 13.2 Å². The lowest BCUT2D eigenvalue weighted by Gasteiger charge is -2.25. The molecule has 1 aromatic heterocycles. The molecule has 2 atom stereocenters. The number of nitrogens with zero attached hydrogens (tertiary/aromatic N) is 2. The molecule has 2 unspecified atom stereocenters. The third-order valence-corrected chi connectivity index (χ3v) is 7.09. The van der Waals surface area contributed by atoms with E-state index in [1.807, 2.05) is 6.07 Å². The van der Waals surface area contributed by atoms with Crippen LogP contribution < -0.4 is 4.74 Å². The minimum absolute atomic E-state index is 0.0132. The van der Waals surface area contributed by atoms with Gasteiger partial charge in [0.05, 0.1) is 11.6 Å². The van der Waals surface area contributed by atoms with Gasteiger partial charge in [-0.05, 0) is 30.3 Å². The van der Waals surface area contributed by atoms with Crippen molar-refractivity contribution in [3.05, 3.63) is 87.0 Å². The van der Waals surface area contributed by atoms with Crippen molar-refractivity contribution < 1.29 is 22.7 Å². The van der Waals surface area contributed by atoms with Crippen molar-refractivity contribution in [3.63, 3.8) is 0 Å². The van der Waals surface area contributed by atoms with Crippen molar-refractivity contribution in [2.24, 2.45) is 0 Å². The first kappa shape index (κ1) is 27.4. The molecule has 35 heavy (non-hydrogen) atoms. The Bertz CT molecular complexity index is 1270. The number of hydrogen-bond acceptors (Lipinski definition) is 5. The van der Waals surface area contributed by atoms with Gasteiger partial charge in [-0.2, -0.15) is 18.4 Å². The highest BCUT2D eigenvalue weighted by Crippen LogP contribution is 2.40. The molecule has 0 N–H and O–H groups in total. The summed E-state index contributed by atoms with van der Waals surface area (Å²) in [7, 11) is 0. The van der Waals surface area contributed by atoms with Gasteiger partial charge in [0.1, 0.15) is 16.9 Å². The van der Waals surface area contributed by atoms with E-state index in [0.717, 1.165) is 11.8 Å². The van der Waals surface area contributed by atoms with E-state index in [1.54, 1.807) is 30.3 Å². The molecule has 0 bridgehead atoms. The van der Waals surface area contributed by atoms with E-state index in [4.69, 9.17) is 51.1 Å². The Morgan fingerprint density at radius 2 is 1.77 bits per heavy atom. The fraction of sp³-hybridized carbons (Fsp3) is 0.174. The Labute approximate surface area is 222 Å². The zero-order valence-corrected chi connectivity index (χ0v) is 21.2. The molecule has 2 aromatic carbocycles. The molecular weight excluding hydrogens is 567 g/mol. The van der Waals surface area contributed by atoms with Gasteiger partial charge in [-0.3, -0.25) is 4.79 Å². The number of Topliss-reactive ketones (excluding diaryl/α,β-unsaturated/α-hetero) is 1. The SMILES string of the molecule is N#CC(Cl)(C(=O)C(COc1ncc(C(F)(F)F)cc1Cl)Sc1ccccc1)c1ccc(Cl)cc1Cl. The van der Waals surface area contributed by atoms with Gasteiger partial charge < -0.3 is 4.74 Å². The molecule has 0 spiro atoms. The van der Waals surface area contributed by atoms with Gasteiger partial charge in [-0.25, -0.2) is 4.98 Å². The smallest absolute Gasteiger partial charge is 0.417 e. The Balaban J connectivity index is 1.94. The summed E-state index contributed by atoms with van der Waals surface area (Å²) in [6, 6.07) is 15.4. The highest BCUT2D eigenvalue weighted by atomic mass is 35.5. The minimum atomic E-state index is -4.64. The summed E-state index contributed by atoms with van der Waals surface area (Å²) in [4.78, 5) is 15.7. The van der Waals surface area contributed by atoms with Crippen molar-refractivity contribution in [1.29, 1.82) is 5.26 Å². The molecule has 0 fully saturated rings. The van der Waals surface area contributed by atoms with Gasteiger partial charge in [-0.15, -0.1) is 11.8 Å². The van der Waals surface area contributed by atoms with Crippen LogP contribution in [0.2, 0.25) is 15.1 Å². The zero-order valence-electron chi connectivity index (χ0n) is 17.3. The maximum Gasteiger partial charge on any atom is 0.417 e. The number of carbonyl (C=O) groups is 1. The van der Waals surface area contributed by atoms with Gasteiger partial charge in [-0.1, -0.05) is 70.7 Å². The Morgan fingerprint density at radius 1 is 1.09 bits per heavy atom. The normalized spacial score (nSPS) is 14.0. The van der Waals surface area contributed by atoms with Crippen LogP contribution in [-0.2, 0) is 15.8 Å². The summed E-state index contributed by atoms with van der Waals surface area (Å²) in [5.74, 6) is -1.07. The second-order valence-electron chi connectivity index (χ2n) is 7.00. The van der Waals surface area contributed by atoms with Crippen molar-refractivity contribution in [3.8, 4) is 11.9 Å². The molecule has 3 aromatic rings. The van der Waals surface area contributed by atoms with Crippen LogP contribution in [0.15, 0.2) is 65.7 Å². The summed E-state index contributed by atoms with van der Waals surface area (Å²) in [5.41, 5.74) is -1.02. The highest BCUT2D eigenvalue weighted by Gasteiger charge is 2.44. The molecule has 0 aliphatic heterocycles. The number of thioether (sulfide) groups is 1. The number of hydrogen-bond donors (Lipinski definition) is 0. The topological polar surface area (TPSA) is 63.0 Å². The monoisotopic (exact) mass is 578 g/mol. The summed E-state index contributed by atoms with van der Waals surface area (Å²) in [6.45, 7) is -0.405. The lowest BCUT2D eigenvalue weighted by Crippen LogP contribution is -2.39. The number of nitriles is 1. The zero-order chi connectivity index (χ0) is 25.8. The quantitative estimate of drug-likeness (QED) is 0.201. The Hall–Kier alpha value is -2.15. The third kappa shape index (κ3) is 6.54. The molecule has 3 rings (SSSR count). The average molecular weight is 580 g/mol. The first-order valence-corrected chi connectivity index (χ1v) is 12.0. The average Bonchev–Trinajstić information content (AvgIpc) is 2.81. The first-order valence-electron chi connectivity index (χ1n) is 9.63. The van der Waals surface area contributed by atoms with Gasteiger partial charge in [0.25, 0.3) is 0 Å². The maximum absolute atomic E-state index is 13.6. The second-order valence-corrected chi connectivity index (χ2v) is 10.1. The standard InChI is InChI=1S/C23H13Cl4F3N2O2S/c24-14-6-7-16(17(25)9-14)22(27,12-31)20(33)19(35-15-4-2-1-3-5-15)11-34-21-18(26)8-13(10-32-21)23(28,29)30/h1-10,19H,11H2. The summed E-state index contributed by atoms with van der Waals surface area (Å²) >= 11 is 25.6. The number of ketones is 1. The van der Waals surface area contributed by atoms with E-state index in [1.165, 1.54) is 18.2 Å². The van der Waals surface area contributed by atoms with Crippen molar-refractivity contribution in [2.45, 2.75) is 21.2 Å². The van der Waals surface area contributed by atoms with Gasteiger partial charge in [0.2, 0.25) is 10.8 Å². The molecule has 0 saturated heterocycles. The highest BCUT2D eigenvalue weighted by molar-refractivity contribution is 8.00. The molecule has 0 saturated carbocycles. The predicted molar refractivity (Wildman–Crippen MR) is 130 cm³/mol. The molecule has 0 aliphatic rings. The largest absolute Gasteiger partial charge is 0.475 e. The van der Waals surface area contributed by atoms with Crippen molar-refractivity contribution in [2.75, 3.05) is 6.61 Å². The van der Waals surface area contributed by atoms with E-state index in [9.17, 15) is 23.2 Å². The molecule has 0 aliphatic carbocycles. The molecule has 182 valence electrons. The van der Waals surface area contributed by atoms with Crippen LogP contribution in [0.25, 0.3) is 0 Å². The van der Waals surface area contributed by atoms with Crippen molar-refractivity contribution in [1.82, 2.24) is 4.98 Å². The summed E-state index contributed by atoms with van der Waals surface area (Å²) in [5, 5.41) is 8.67. The van der Waals surface area contributed by atoms with E-state index >= 15 is 0 Å². The molecule has 4 nitrogen and oxygen atoms in total. The number of alkyl halides is 4. The summed E-state index contributed by atoms with van der Waals surface area (Å²) in [6.07, 6.45) is -4.07. The maximum atomic E-state index is 13.6. The van der Waals surface area contributed by atoms with Gasteiger partial charge in [0, 0.05) is 26.7 Å². The second kappa shape index (κ2) is 11.3. The van der Waals surface area contributed by atoms with Crippen LogP contribution in [0.1, 0.15) is 11.1 Å². The van der Waals surface area contributed by atoms with E-state index in [0.29, 0.717) is 17.2 Å². The predicted octanol–water partition coefficient (Wildman–Crippen LogP) is 7.83. The lowest BCUT2D eigenvalue weighted by atomic mass is 9.93. The molecule has 0 amide bonds. The minimum Gasteiger partial charge on any atom is -0.475 e. The molecular formula is C23H13Cl4F3N2O2S. The van der Waals surface area contributed by atoms with Crippen LogP contribution in [0, 0.1) is 11.3 Å². The third-order valence-electron chi connectivity index (χ3n) is 4.62. The van der Waals surface area contributed by atoms with Crippen molar-refractivity contribution >= 4 is 63.9 Å². The van der Waals surface area contributed by atoms with Crippen LogP contribution in [0.3, 0.4) is 0 Å². The fourth-order valence-corrected chi connectivity index (χ4v) is 5.15. The Morgan fingerprint density at radius 3 is 2.34 bits per heavy atom. The van der Waals surface area contributed by atoms with Gasteiger partial charge >= 0.3 is 6.18 Å². The number of aromatic nitrogens is 1. The number of pyridine rings is 1. The van der Waals surface area contributed by atoms with Crippen LogP contribution in [0.5, 0.6) is 5.88 Å². The number of rotatable bonds is 8. The van der Waals surface area contributed by atoms with E-state index < -0.39 is 39.3 Å². The Kier molecular flexibility index (Phi) is 8.84. The number of halogens is 7. The summed E-state index contributed by atoms with van der Waals surface area (Å²) < 4.78 is 44.2. The van der Waals surface area contributed by atoms with Crippen LogP contribution in [-0.4, -0.2) is 22.6 Å². The molecule has 1 heterocycles.